The number of halogens is 4. The summed E-state index contributed by atoms with van der Waals surface area (Å²) in [5.41, 5.74) is -1.24. The zero-order valence-corrected chi connectivity index (χ0v) is 12.2. The second-order valence-electron chi connectivity index (χ2n) is 5.27. The van der Waals surface area contributed by atoms with Crippen LogP contribution in [0, 0.1) is 11.8 Å². The standard InChI is InChI=1S/C12H12ClF3N2O2S/c13-6-1-2-10(9(3-6)12(14,15)16)21(19,20)18-11-7-4-17-5-8(7)11/h1-3,7-8,11,17-18H,4-5H2. The summed E-state index contributed by atoms with van der Waals surface area (Å²) in [5, 5.41) is 2.93. The molecule has 1 aromatic carbocycles. The quantitative estimate of drug-likeness (QED) is 0.883. The Hall–Kier alpha value is -0.830. The molecule has 1 aromatic rings. The number of sulfonamides is 1. The van der Waals surface area contributed by atoms with Crippen molar-refractivity contribution >= 4 is 21.6 Å². The van der Waals surface area contributed by atoms with Gasteiger partial charge in [-0.05, 0) is 43.1 Å². The zero-order chi connectivity index (χ0) is 15.4. The van der Waals surface area contributed by atoms with Gasteiger partial charge in [0.2, 0.25) is 10.0 Å². The van der Waals surface area contributed by atoms with Gasteiger partial charge < -0.3 is 5.32 Å². The SMILES string of the molecule is O=S(=O)(NC1C2CNCC21)c1ccc(Cl)cc1C(F)(F)F. The Balaban J connectivity index is 1.92. The van der Waals surface area contributed by atoms with Crippen molar-refractivity contribution in [3.63, 3.8) is 0 Å². The van der Waals surface area contributed by atoms with Crippen LogP contribution < -0.4 is 10.0 Å². The summed E-state index contributed by atoms with van der Waals surface area (Å²) in [6, 6.07) is 2.38. The van der Waals surface area contributed by atoms with Crippen molar-refractivity contribution in [1.82, 2.24) is 10.0 Å². The minimum atomic E-state index is -4.78. The number of hydrogen-bond donors (Lipinski definition) is 2. The van der Waals surface area contributed by atoms with E-state index in [1.807, 2.05) is 0 Å². The van der Waals surface area contributed by atoms with Gasteiger partial charge in [0.05, 0.1) is 10.5 Å². The lowest BCUT2D eigenvalue weighted by Gasteiger charge is -2.15. The van der Waals surface area contributed by atoms with Crippen LogP contribution in [0.15, 0.2) is 23.1 Å². The van der Waals surface area contributed by atoms with Crippen LogP contribution in [0.1, 0.15) is 5.56 Å². The van der Waals surface area contributed by atoms with E-state index in [0.717, 1.165) is 12.1 Å². The number of rotatable bonds is 3. The molecule has 2 atom stereocenters. The molecule has 1 saturated carbocycles. The Morgan fingerprint density at radius 3 is 2.43 bits per heavy atom. The second-order valence-corrected chi connectivity index (χ2v) is 7.39. The molecule has 2 unspecified atom stereocenters. The molecule has 21 heavy (non-hydrogen) atoms. The molecular weight excluding hydrogens is 329 g/mol. The maximum Gasteiger partial charge on any atom is 0.417 e. The summed E-state index contributed by atoms with van der Waals surface area (Å²) in [6.07, 6.45) is -4.78. The first-order valence-electron chi connectivity index (χ1n) is 6.30. The molecular formula is C12H12ClF3N2O2S. The molecule has 1 aliphatic carbocycles. The number of benzene rings is 1. The van der Waals surface area contributed by atoms with Crippen LogP contribution in [0.4, 0.5) is 13.2 Å². The number of hydrogen-bond acceptors (Lipinski definition) is 3. The van der Waals surface area contributed by atoms with Crippen molar-refractivity contribution in [2.24, 2.45) is 11.8 Å². The monoisotopic (exact) mass is 340 g/mol. The molecule has 3 rings (SSSR count). The molecule has 0 radical (unpaired) electrons. The van der Waals surface area contributed by atoms with Crippen molar-refractivity contribution in [2.45, 2.75) is 17.1 Å². The summed E-state index contributed by atoms with van der Waals surface area (Å²) in [4.78, 5) is -0.780. The fourth-order valence-corrected chi connectivity index (χ4v) is 4.51. The van der Waals surface area contributed by atoms with E-state index in [1.165, 1.54) is 0 Å². The molecule has 0 spiro atoms. The lowest BCUT2D eigenvalue weighted by molar-refractivity contribution is -0.139. The molecule has 0 amide bonds. The summed E-state index contributed by atoms with van der Waals surface area (Å²) in [6.45, 7) is 1.37. The molecule has 0 aromatic heterocycles. The second kappa shape index (κ2) is 4.84. The normalized spacial score (nSPS) is 28.5. The molecule has 1 saturated heterocycles. The molecule has 2 aliphatic rings. The van der Waals surface area contributed by atoms with Crippen molar-refractivity contribution in [2.75, 3.05) is 13.1 Å². The maximum absolute atomic E-state index is 13.0. The Morgan fingerprint density at radius 2 is 1.86 bits per heavy atom. The number of fused-ring (bicyclic) bond motifs is 1. The van der Waals surface area contributed by atoms with E-state index in [1.54, 1.807) is 0 Å². The average molecular weight is 341 g/mol. The predicted molar refractivity (Wildman–Crippen MR) is 70.4 cm³/mol. The highest BCUT2D eigenvalue weighted by atomic mass is 35.5. The molecule has 2 N–H and O–H groups in total. The molecule has 2 fully saturated rings. The number of nitrogens with one attached hydrogen (secondary N) is 2. The van der Waals surface area contributed by atoms with Gasteiger partial charge >= 0.3 is 6.18 Å². The van der Waals surface area contributed by atoms with Crippen LogP contribution in [0.5, 0.6) is 0 Å². The van der Waals surface area contributed by atoms with E-state index in [0.29, 0.717) is 19.2 Å². The van der Waals surface area contributed by atoms with Gasteiger partial charge in [-0.3, -0.25) is 0 Å². The van der Waals surface area contributed by atoms with Gasteiger partial charge in [-0.2, -0.15) is 13.2 Å². The van der Waals surface area contributed by atoms with E-state index < -0.39 is 26.7 Å². The van der Waals surface area contributed by atoms with Crippen molar-refractivity contribution in [3.05, 3.63) is 28.8 Å². The van der Waals surface area contributed by atoms with Gasteiger partial charge in [0, 0.05) is 11.1 Å². The molecule has 1 aliphatic heterocycles. The van der Waals surface area contributed by atoms with Crippen molar-refractivity contribution in [3.8, 4) is 0 Å². The van der Waals surface area contributed by atoms with Crippen molar-refractivity contribution < 1.29 is 21.6 Å². The van der Waals surface area contributed by atoms with Crippen LogP contribution >= 0.6 is 11.6 Å². The van der Waals surface area contributed by atoms with Crippen LogP contribution in [0.2, 0.25) is 5.02 Å². The van der Waals surface area contributed by atoms with Gasteiger partial charge in [0.15, 0.2) is 0 Å². The van der Waals surface area contributed by atoms with Gasteiger partial charge in [-0.15, -0.1) is 0 Å². The fourth-order valence-electron chi connectivity index (χ4n) is 2.79. The Kier molecular flexibility index (Phi) is 3.47. The lowest BCUT2D eigenvalue weighted by Crippen LogP contribution is -2.33. The van der Waals surface area contributed by atoms with Gasteiger partial charge in [0.25, 0.3) is 0 Å². The summed E-state index contributed by atoms with van der Waals surface area (Å²) in [5.74, 6) is 0.336. The van der Waals surface area contributed by atoms with Crippen molar-refractivity contribution in [1.29, 1.82) is 0 Å². The van der Waals surface area contributed by atoms with Gasteiger partial charge in [-0.25, -0.2) is 13.1 Å². The van der Waals surface area contributed by atoms with E-state index in [9.17, 15) is 21.6 Å². The molecule has 0 bridgehead atoms. The topological polar surface area (TPSA) is 58.2 Å². The molecule has 4 nitrogen and oxygen atoms in total. The summed E-state index contributed by atoms with van der Waals surface area (Å²) >= 11 is 5.55. The third kappa shape index (κ3) is 2.77. The summed E-state index contributed by atoms with van der Waals surface area (Å²) < 4.78 is 65.8. The first kappa shape index (κ1) is 15.1. The lowest BCUT2D eigenvalue weighted by atomic mass is 10.2. The Morgan fingerprint density at radius 1 is 1.24 bits per heavy atom. The zero-order valence-electron chi connectivity index (χ0n) is 10.6. The van der Waals surface area contributed by atoms with E-state index in [2.05, 4.69) is 10.0 Å². The van der Waals surface area contributed by atoms with E-state index in [4.69, 9.17) is 11.6 Å². The minimum Gasteiger partial charge on any atom is -0.316 e. The molecule has 116 valence electrons. The Labute approximate surface area is 124 Å². The minimum absolute atomic E-state index is 0.159. The highest BCUT2D eigenvalue weighted by molar-refractivity contribution is 7.89. The largest absolute Gasteiger partial charge is 0.417 e. The third-order valence-electron chi connectivity index (χ3n) is 3.92. The predicted octanol–water partition coefficient (Wildman–Crippen LogP) is 1.85. The smallest absolute Gasteiger partial charge is 0.316 e. The van der Waals surface area contributed by atoms with E-state index in [-0.39, 0.29) is 22.9 Å². The van der Waals surface area contributed by atoms with E-state index >= 15 is 0 Å². The molecule has 9 heteroatoms. The van der Waals surface area contributed by atoms with Gasteiger partial charge in [0.1, 0.15) is 0 Å². The average Bonchev–Trinajstić information content (AvgIpc) is 2.82. The van der Waals surface area contributed by atoms with Crippen LogP contribution in [0.3, 0.4) is 0 Å². The highest BCUT2D eigenvalue weighted by Gasteiger charge is 2.54. The van der Waals surface area contributed by atoms with Crippen LogP contribution in [0.25, 0.3) is 0 Å². The third-order valence-corrected chi connectivity index (χ3v) is 5.67. The first-order chi connectivity index (χ1) is 9.70. The number of piperidine rings is 1. The van der Waals surface area contributed by atoms with Crippen LogP contribution in [-0.2, 0) is 16.2 Å². The van der Waals surface area contributed by atoms with Crippen LogP contribution in [-0.4, -0.2) is 27.5 Å². The van der Waals surface area contributed by atoms with Gasteiger partial charge in [-0.1, -0.05) is 11.6 Å². The first-order valence-corrected chi connectivity index (χ1v) is 8.16. The number of alkyl halides is 3. The fraction of sp³-hybridized carbons (Fsp3) is 0.500. The highest BCUT2D eigenvalue weighted by Crippen LogP contribution is 2.43. The molecule has 1 heterocycles. The maximum atomic E-state index is 13.0. The summed E-state index contributed by atoms with van der Waals surface area (Å²) in [7, 11) is -4.23. The Bertz CT molecular complexity index is 668.